The minimum Gasteiger partial charge on any atom is -0.444 e. The van der Waals surface area contributed by atoms with Gasteiger partial charge in [-0.25, -0.2) is 9.78 Å². The second-order valence-corrected chi connectivity index (χ2v) is 10.3. The van der Waals surface area contributed by atoms with Crippen molar-refractivity contribution in [3.05, 3.63) is 46.0 Å². The van der Waals surface area contributed by atoms with Crippen LogP contribution < -0.4 is 5.32 Å². The highest BCUT2D eigenvalue weighted by molar-refractivity contribution is 7.15. The van der Waals surface area contributed by atoms with E-state index in [1.807, 2.05) is 39.0 Å². The quantitative estimate of drug-likeness (QED) is 0.765. The van der Waals surface area contributed by atoms with Gasteiger partial charge in [-0.1, -0.05) is 23.5 Å². The molecule has 8 heteroatoms. The molecule has 3 heterocycles. The molecule has 4 rings (SSSR count). The summed E-state index contributed by atoms with van der Waals surface area (Å²) in [6.45, 7) is 9.75. The van der Waals surface area contributed by atoms with Crippen molar-refractivity contribution in [1.29, 1.82) is 0 Å². The molecule has 0 spiro atoms. The van der Waals surface area contributed by atoms with Gasteiger partial charge < -0.3 is 9.64 Å². The van der Waals surface area contributed by atoms with Gasteiger partial charge >= 0.3 is 6.09 Å². The van der Waals surface area contributed by atoms with Gasteiger partial charge in [0.2, 0.25) is 0 Å². The highest BCUT2D eigenvalue weighted by Gasteiger charge is 2.28. The first kappa shape index (κ1) is 21.8. The van der Waals surface area contributed by atoms with Crippen LogP contribution in [0, 0.1) is 0 Å². The number of hydrogen-bond acceptors (Lipinski definition) is 6. The minimum atomic E-state index is -0.520. The fourth-order valence-electron chi connectivity index (χ4n) is 3.91. The van der Waals surface area contributed by atoms with Crippen molar-refractivity contribution in [1.82, 2.24) is 14.8 Å². The number of carbonyl (C=O) groups is 2. The Morgan fingerprint density at radius 1 is 1.19 bits per heavy atom. The fraction of sp³-hybridized carbons (Fsp3) is 0.522. The Bertz CT molecular complexity index is 960. The number of aromatic nitrogens is 1. The summed E-state index contributed by atoms with van der Waals surface area (Å²) in [6.07, 6.45) is 2.85. The number of nitrogens with zero attached hydrogens (tertiary/aromatic N) is 3. The van der Waals surface area contributed by atoms with Gasteiger partial charge in [0.15, 0.2) is 5.13 Å². The highest BCUT2D eigenvalue weighted by Crippen LogP contribution is 2.29. The van der Waals surface area contributed by atoms with Crippen LogP contribution in [0.3, 0.4) is 0 Å². The van der Waals surface area contributed by atoms with Crippen LogP contribution in [0.15, 0.2) is 24.3 Å². The van der Waals surface area contributed by atoms with Crippen molar-refractivity contribution in [2.24, 2.45) is 0 Å². The maximum absolute atomic E-state index is 12.8. The Balaban J connectivity index is 1.39. The van der Waals surface area contributed by atoms with Gasteiger partial charge in [0.05, 0.1) is 12.2 Å². The van der Waals surface area contributed by atoms with Crippen molar-refractivity contribution in [3.63, 3.8) is 0 Å². The Morgan fingerprint density at radius 3 is 2.71 bits per heavy atom. The lowest BCUT2D eigenvalue weighted by atomic mass is 10.1. The molecule has 1 aromatic carbocycles. The molecule has 0 unspecified atom stereocenters. The van der Waals surface area contributed by atoms with Crippen molar-refractivity contribution in [2.45, 2.75) is 58.7 Å². The number of anilines is 1. The molecule has 0 bridgehead atoms. The average Bonchev–Trinajstić information content (AvgIpc) is 3.35. The topological polar surface area (TPSA) is 74.8 Å². The molecule has 0 atom stereocenters. The van der Waals surface area contributed by atoms with Gasteiger partial charge in [0.25, 0.3) is 5.91 Å². The maximum atomic E-state index is 12.8. The van der Waals surface area contributed by atoms with E-state index in [4.69, 9.17) is 4.74 Å². The van der Waals surface area contributed by atoms with Crippen molar-refractivity contribution >= 4 is 28.5 Å². The molecule has 1 aromatic heterocycles. The Labute approximate surface area is 187 Å². The van der Waals surface area contributed by atoms with Crippen LogP contribution >= 0.6 is 11.3 Å². The number of ether oxygens (including phenoxy) is 1. The van der Waals surface area contributed by atoms with Crippen LogP contribution in [-0.2, 0) is 24.2 Å². The van der Waals surface area contributed by atoms with E-state index < -0.39 is 5.60 Å². The van der Waals surface area contributed by atoms with Gasteiger partial charge in [-0.3, -0.25) is 15.0 Å². The molecule has 2 aliphatic heterocycles. The van der Waals surface area contributed by atoms with Gasteiger partial charge in [-0.15, -0.1) is 0 Å². The number of fused-ring (bicyclic) bond motifs is 1. The predicted octanol–water partition coefficient (Wildman–Crippen LogP) is 4.28. The van der Waals surface area contributed by atoms with Gasteiger partial charge in [0.1, 0.15) is 5.60 Å². The second kappa shape index (κ2) is 8.96. The van der Waals surface area contributed by atoms with E-state index in [1.165, 1.54) is 24.2 Å². The van der Waals surface area contributed by atoms with Gasteiger partial charge in [-0.2, -0.15) is 0 Å². The number of carbonyl (C=O) groups excluding carboxylic acids is 2. The zero-order valence-corrected chi connectivity index (χ0v) is 19.3. The first-order valence-corrected chi connectivity index (χ1v) is 11.7. The molecule has 0 radical (unpaired) electrons. The monoisotopic (exact) mass is 442 g/mol. The van der Waals surface area contributed by atoms with Crippen LogP contribution in [0.2, 0.25) is 0 Å². The van der Waals surface area contributed by atoms with Crippen LogP contribution in [0.5, 0.6) is 0 Å². The van der Waals surface area contributed by atoms with E-state index in [0.29, 0.717) is 30.2 Å². The van der Waals surface area contributed by atoms with Crippen LogP contribution in [0.25, 0.3) is 0 Å². The molecular weight excluding hydrogens is 412 g/mol. The largest absolute Gasteiger partial charge is 0.444 e. The molecule has 2 aromatic rings. The summed E-state index contributed by atoms with van der Waals surface area (Å²) in [6, 6.07) is 7.81. The molecule has 166 valence electrons. The Hall–Kier alpha value is -2.45. The van der Waals surface area contributed by atoms with E-state index in [2.05, 4.69) is 21.3 Å². The first-order chi connectivity index (χ1) is 14.8. The van der Waals surface area contributed by atoms with Gasteiger partial charge in [-0.05, 0) is 64.4 Å². The summed E-state index contributed by atoms with van der Waals surface area (Å²) < 4.78 is 5.48. The van der Waals surface area contributed by atoms with E-state index in [-0.39, 0.29) is 12.0 Å². The van der Waals surface area contributed by atoms with Crippen LogP contribution in [0.1, 0.15) is 60.1 Å². The molecule has 2 aliphatic rings. The smallest absolute Gasteiger partial charge is 0.410 e. The molecule has 31 heavy (non-hydrogen) atoms. The summed E-state index contributed by atoms with van der Waals surface area (Å²) in [5.41, 5.74) is 2.22. The third kappa shape index (κ3) is 5.62. The normalized spacial score (nSPS) is 16.8. The summed E-state index contributed by atoms with van der Waals surface area (Å²) in [7, 11) is 0. The third-order valence-electron chi connectivity index (χ3n) is 5.40. The molecule has 0 saturated carbocycles. The molecular formula is C23H30N4O3S. The molecule has 2 amide bonds. The van der Waals surface area contributed by atoms with Gasteiger partial charge in [0, 0.05) is 30.0 Å². The number of thiazole rings is 1. The van der Waals surface area contributed by atoms with Crippen molar-refractivity contribution in [3.8, 4) is 0 Å². The number of rotatable bonds is 4. The number of likely N-dealkylation sites (tertiary alicyclic amines) is 1. The summed E-state index contributed by atoms with van der Waals surface area (Å²) >= 11 is 1.43. The Morgan fingerprint density at radius 2 is 1.97 bits per heavy atom. The molecule has 1 saturated heterocycles. The highest BCUT2D eigenvalue weighted by atomic mass is 32.1. The first-order valence-electron chi connectivity index (χ1n) is 10.9. The van der Waals surface area contributed by atoms with Crippen LogP contribution in [0.4, 0.5) is 9.93 Å². The van der Waals surface area contributed by atoms with E-state index in [1.54, 1.807) is 4.90 Å². The SMILES string of the molecule is CC(C)(C)OC(=O)N1CCc2nc(NC(=O)c3cccc(CN4CCCC4)c3)sc2C1. The van der Waals surface area contributed by atoms with E-state index in [9.17, 15) is 9.59 Å². The van der Waals surface area contributed by atoms with E-state index >= 15 is 0 Å². The zero-order valence-electron chi connectivity index (χ0n) is 18.4. The predicted molar refractivity (Wildman–Crippen MR) is 121 cm³/mol. The standard InChI is InChI=1S/C23H30N4O3S/c1-23(2,3)30-22(29)27-12-9-18-19(15-27)31-21(24-18)25-20(28)17-8-6-7-16(13-17)14-26-10-4-5-11-26/h6-8,13H,4-5,9-12,14-15H2,1-3H3,(H,24,25,28). The van der Waals surface area contributed by atoms with E-state index in [0.717, 1.165) is 35.8 Å². The maximum Gasteiger partial charge on any atom is 0.410 e. The van der Waals surface area contributed by atoms with Crippen LogP contribution in [-0.4, -0.2) is 52.0 Å². The average molecular weight is 443 g/mol. The molecule has 1 fully saturated rings. The molecule has 7 nitrogen and oxygen atoms in total. The summed E-state index contributed by atoms with van der Waals surface area (Å²) in [5, 5.41) is 3.51. The number of hydrogen-bond donors (Lipinski definition) is 1. The minimum absolute atomic E-state index is 0.154. The molecule has 1 N–H and O–H groups in total. The lowest BCUT2D eigenvalue weighted by Gasteiger charge is -2.29. The number of nitrogens with one attached hydrogen (secondary N) is 1. The second-order valence-electron chi connectivity index (χ2n) is 9.18. The number of amides is 2. The molecule has 0 aliphatic carbocycles. The lowest BCUT2D eigenvalue weighted by Crippen LogP contribution is -2.39. The van der Waals surface area contributed by atoms with Crippen molar-refractivity contribution in [2.75, 3.05) is 25.0 Å². The lowest BCUT2D eigenvalue weighted by molar-refractivity contribution is 0.0225. The summed E-state index contributed by atoms with van der Waals surface area (Å²) in [5.74, 6) is -0.154. The Kier molecular flexibility index (Phi) is 6.29. The number of benzene rings is 1. The third-order valence-corrected chi connectivity index (χ3v) is 6.40. The zero-order chi connectivity index (χ0) is 22.0. The fourth-order valence-corrected chi connectivity index (χ4v) is 4.93. The summed E-state index contributed by atoms with van der Waals surface area (Å²) in [4.78, 5) is 34.9. The van der Waals surface area contributed by atoms with Crippen molar-refractivity contribution < 1.29 is 14.3 Å².